The van der Waals surface area contributed by atoms with Crippen LogP contribution in [0.3, 0.4) is 0 Å². The normalized spacial score (nSPS) is 11.4. The first-order valence-electron chi connectivity index (χ1n) is 11.7. The molecule has 8 heteroatoms. The van der Waals surface area contributed by atoms with Gasteiger partial charge >= 0.3 is 6.18 Å². The molecule has 0 atom stereocenters. The summed E-state index contributed by atoms with van der Waals surface area (Å²) >= 11 is 0. The van der Waals surface area contributed by atoms with Gasteiger partial charge < -0.3 is 10.2 Å². The van der Waals surface area contributed by atoms with Gasteiger partial charge in [0, 0.05) is 43.5 Å². The van der Waals surface area contributed by atoms with Gasteiger partial charge in [-0.3, -0.25) is 9.78 Å². The molecule has 2 aromatic carbocycles. The molecule has 0 unspecified atom stereocenters. The van der Waals surface area contributed by atoms with Crippen LogP contribution in [0.15, 0.2) is 79.1 Å². The highest BCUT2D eigenvalue weighted by Crippen LogP contribution is 2.29. The number of rotatable bonds is 9. The highest BCUT2D eigenvalue weighted by molar-refractivity contribution is 5.94. The van der Waals surface area contributed by atoms with Gasteiger partial charge in [0.05, 0.1) is 11.1 Å². The summed E-state index contributed by atoms with van der Waals surface area (Å²) < 4.78 is 38.1. The fourth-order valence-electron chi connectivity index (χ4n) is 3.93. The molecule has 1 amide bonds. The molecule has 0 radical (unpaired) electrons. The smallest absolute Gasteiger partial charge is 0.360 e. The van der Waals surface area contributed by atoms with E-state index < -0.39 is 11.7 Å². The zero-order chi connectivity index (χ0) is 25.5. The Labute approximate surface area is 208 Å². The minimum Gasteiger partial charge on any atom is -0.360 e. The van der Waals surface area contributed by atoms with Crippen LogP contribution >= 0.6 is 0 Å². The van der Waals surface area contributed by atoms with Crippen molar-refractivity contribution in [1.29, 1.82) is 0 Å². The molecule has 0 saturated carbocycles. The van der Waals surface area contributed by atoms with E-state index in [-0.39, 0.29) is 12.3 Å². The van der Waals surface area contributed by atoms with Gasteiger partial charge in [-0.2, -0.15) is 13.2 Å². The van der Waals surface area contributed by atoms with Crippen LogP contribution in [0.25, 0.3) is 10.9 Å². The first-order valence-corrected chi connectivity index (χ1v) is 11.7. The number of nitrogens with one attached hydrogen (secondary N) is 1. The number of benzene rings is 2. The maximum Gasteiger partial charge on any atom is 0.416 e. The van der Waals surface area contributed by atoms with Gasteiger partial charge in [-0.1, -0.05) is 12.1 Å². The van der Waals surface area contributed by atoms with Crippen molar-refractivity contribution in [2.24, 2.45) is 0 Å². The summed E-state index contributed by atoms with van der Waals surface area (Å²) in [6.07, 6.45) is 1.75. The molecular weight excluding hydrogens is 465 g/mol. The Morgan fingerprint density at radius 1 is 0.917 bits per heavy atom. The number of pyridine rings is 2. The number of aryl methyl sites for hydroxylation is 2. The number of hydrogen-bond donors (Lipinski definition) is 1. The number of alkyl halides is 3. The predicted molar refractivity (Wildman–Crippen MR) is 136 cm³/mol. The molecule has 0 aliphatic rings. The highest BCUT2D eigenvalue weighted by atomic mass is 19.4. The Morgan fingerprint density at radius 2 is 1.64 bits per heavy atom. The Hall–Kier alpha value is -3.94. The van der Waals surface area contributed by atoms with E-state index in [0.717, 1.165) is 48.2 Å². The Bertz CT molecular complexity index is 1310. The third-order valence-corrected chi connectivity index (χ3v) is 5.98. The summed E-state index contributed by atoms with van der Waals surface area (Å²) in [5.41, 5.74) is 2.73. The topological polar surface area (TPSA) is 58.1 Å². The molecule has 4 rings (SSSR count). The highest BCUT2D eigenvalue weighted by Gasteiger charge is 2.29. The van der Waals surface area contributed by atoms with Crippen molar-refractivity contribution in [2.45, 2.75) is 31.9 Å². The number of nitrogens with zero attached hydrogens (tertiary/aromatic N) is 3. The molecule has 0 fully saturated rings. The molecule has 2 aromatic heterocycles. The van der Waals surface area contributed by atoms with Crippen LogP contribution in [0, 0.1) is 0 Å². The predicted octanol–water partition coefficient (Wildman–Crippen LogP) is 6.29. The lowest BCUT2D eigenvalue weighted by atomic mass is 10.1. The van der Waals surface area contributed by atoms with Crippen LogP contribution in [-0.4, -0.2) is 29.5 Å². The Morgan fingerprint density at radius 3 is 2.36 bits per heavy atom. The van der Waals surface area contributed by atoms with Gasteiger partial charge in [0.1, 0.15) is 5.82 Å². The lowest BCUT2D eigenvalue weighted by Crippen LogP contribution is -2.20. The van der Waals surface area contributed by atoms with E-state index in [9.17, 15) is 18.0 Å². The van der Waals surface area contributed by atoms with E-state index in [1.54, 1.807) is 18.5 Å². The molecule has 2 heterocycles. The van der Waals surface area contributed by atoms with E-state index in [4.69, 9.17) is 4.98 Å². The maximum absolute atomic E-state index is 12.7. The summed E-state index contributed by atoms with van der Waals surface area (Å²) in [6, 6.07) is 18.4. The van der Waals surface area contributed by atoms with Crippen molar-refractivity contribution >= 4 is 28.3 Å². The van der Waals surface area contributed by atoms with Crippen molar-refractivity contribution in [3.05, 3.63) is 95.8 Å². The number of fused-ring (bicyclic) bond motifs is 1. The van der Waals surface area contributed by atoms with Crippen LogP contribution in [0.2, 0.25) is 0 Å². The molecule has 0 saturated heterocycles. The lowest BCUT2D eigenvalue weighted by molar-refractivity contribution is -0.137. The van der Waals surface area contributed by atoms with Crippen LogP contribution in [-0.2, 0) is 23.8 Å². The average molecular weight is 493 g/mol. The van der Waals surface area contributed by atoms with Crippen molar-refractivity contribution in [1.82, 2.24) is 9.97 Å². The monoisotopic (exact) mass is 492 g/mol. The fraction of sp³-hybridized carbons (Fsp3) is 0.250. The molecule has 186 valence electrons. The zero-order valence-electron chi connectivity index (χ0n) is 19.9. The first-order chi connectivity index (χ1) is 17.3. The van der Waals surface area contributed by atoms with E-state index in [2.05, 4.69) is 15.2 Å². The van der Waals surface area contributed by atoms with Gasteiger partial charge in [0.2, 0.25) is 5.91 Å². The van der Waals surface area contributed by atoms with Crippen molar-refractivity contribution in [2.75, 3.05) is 23.8 Å². The molecule has 36 heavy (non-hydrogen) atoms. The second-order valence-corrected chi connectivity index (χ2v) is 8.70. The van der Waals surface area contributed by atoms with E-state index >= 15 is 0 Å². The van der Waals surface area contributed by atoms with Crippen molar-refractivity contribution < 1.29 is 18.0 Å². The molecule has 0 bridgehead atoms. The number of hydrogen-bond acceptors (Lipinski definition) is 4. The minimum absolute atomic E-state index is 0.172. The molecule has 4 aromatic rings. The number of amides is 1. The zero-order valence-corrected chi connectivity index (χ0v) is 19.9. The number of anilines is 2. The fourth-order valence-corrected chi connectivity index (χ4v) is 3.93. The standard InChI is InChI=1S/C28H27F3N4O/c1-35(18-2-3-20-14-16-32-17-15-20)26-12-7-22-19-24(10-11-25(22)34-26)33-27(36)13-6-21-4-8-23(9-5-21)28(29,30)31/h4-5,7-12,14-17,19H,2-3,6,13,18H2,1H3,(H,33,36). The Balaban J connectivity index is 1.30. The summed E-state index contributed by atoms with van der Waals surface area (Å²) in [6.45, 7) is 0.869. The lowest BCUT2D eigenvalue weighted by Gasteiger charge is -2.18. The molecule has 5 nitrogen and oxygen atoms in total. The van der Waals surface area contributed by atoms with Crippen LogP contribution in [0.4, 0.5) is 24.7 Å². The summed E-state index contributed by atoms with van der Waals surface area (Å²) in [5.74, 6) is 0.679. The molecule has 0 aliphatic heterocycles. The van der Waals surface area contributed by atoms with Gasteiger partial charge in [0.15, 0.2) is 0 Å². The molecule has 0 spiro atoms. The van der Waals surface area contributed by atoms with Crippen molar-refractivity contribution in [3.8, 4) is 0 Å². The number of carbonyl (C=O) groups excluding carboxylic acids is 1. The second kappa shape index (κ2) is 11.2. The van der Waals surface area contributed by atoms with E-state index in [0.29, 0.717) is 17.7 Å². The quantitative estimate of drug-likeness (QED) is 0.298. The molecule has 0 aliphatic carbocycles. The third-order valence-electron chi connectivity index (χ3n) is 5.98. The van der Waals surface area contributed by atoms with Gasteiger partial charge in [0.25, 0.3) is 0 Å². The SMILES string of the molecule is CN(CCCc1ccncc1)c1ccc2cc(NC(=O)CCc3ccc(C(F)(F)F)cc3)ccc2n1. The van der Waals surface area contributed by atoms with E-state index in [1.165, 1.54) is 17.7 Å². The van der Waals surface area contributed by atoms with Crippen LogP contribution < -0.4 is 10.2 Å². The van der Waals surface area contributed by atoms with Crippen molar-refractivity contribution in [3.63, 3.8) is 0 Å². The third kappa shape index (κ3) is 6.81. The second-order valence-electron chi connectivity index (χ2n) is 8.70. The largest absolute Gasteiger partial charge is 0.416 e. The number of carbonyl (C=O) groups is 1. The van der Waals surface area contributed by atoms with Crippen LogP contribution in [0.5, 0.6) is 0 Å². The Kier molecular flexibility index (Phi) is 7.83. The van der Waals surface area contributed by atoms with Gasteiger partial charge in [-0.15, -0.1) is 0 Å². The maximum atomic E-state index is 12.7. The number of aromatic nitrogens is 2. The molecule has 1 N–H and O–H groups in total. The molecular formula is C28H27F3N4O. The van der Waals surface area contributed by atoms with Crippen LogP contribution in [0.1, 0.15) is 29.5 Å². The average Bonchev–Trinajstić information content (AvgIpc) is 2.87. The summed E-state index contributed by atoms with van der Waals surface area (Å²) in [4.78, 5) is 23.3. The van der Waals surface area contributed by atoms with Gasteiger partial charge in [-0.05, 0) is 85.0 Å². The summed E-state index contributed by atoms with van der Waals surface area (Å²) in [7, 11) is 2.02. The number of halogens is 3. The van der Waals surface area contributed by atoms with Gasteiger partial charge in [-0.25, -0.2) is 4.98 Å². The van der Waals surface area contributed by atoms with E-state index in [1.807, 2.05) is 43.4 Å². The summed E-state index contributed by atoms with van der Waals surface area (Å²) in [5, 5.41) is 3.77. The first kappa shape index (κ1) is 25.2. The minimum atomic E-state index is -4.36.